The first-order chi connectivity index (χ1) is 61.8. The molecule has 18 atom stereocenters. The van der Waals surface area contributed by atoms with Crippen molar-refractivity contribution >= 4 is 65.1 Å². The topological polar surface area (TPSA) is 331 Å². The number of nitro benzene ring substituents is 1. The van der Waals surface area contributed by atoms with Crippen LogP contribution >= 0.6 is 23.2 Å². The average Bonchev–Trinajstić information content (AvgIpc) is 1.56. The largest absolute Gasteiger partial charge is 0.514 e. The minimum atomic E-state index is -0.763. The summed E-state index contributed by atoms with van der Waals surface area (Å²) in [5.74, 6) is 3.09. The maximum atomic E-state index is 12.4. The van der Waals surface area contributed by atoms with Crippen LogP contribution in [-0.2, 0) is 42.8 Å². The summed E-state index contributed by atoms with van der Waals surface area (Å²) in [5.41, 5.74) is 8.27. The normalized spacial score (nSPS) is 35.6. The van der Waals surface area contributed by atoms with Gasteiger partial charge < -0.3 is 79.5 Å². The molecule has 27 heteroatoms. The number of alkyl carbamates (subject to hydrolysis) is 2. The van der Waals surface area contributed by atoms with Gasteiger partial charge in [0.2, 0.25) is 0 Å². The highest BCUT2D eigenvalue weighted by Gasteiger charge is 2.61. The first kappa shape index (κ1) is 108. The number of nitrogens with one attached hydrogen (secondary N) is 2. The van der Waals surface area contributed by atoms with Gasteiger partial charge in [0.15, 0.2) is 0 Å². The zero-order valence-electron chi connectivity index (χ0n) is 81.7. The predicted molar refractivity (Wildman–Crippen MR) is 510 cm³/mol. The van der Waals surface area contributed by atoms with Crippen LogP contribution in [0.1, 0.15) is 353 Å². The second-order valence-corrected chi connectivity index (χ2v) is 43.8. The lowest BCUT2D eigenvalue weighted by molar-refractivity contribution is -0.384. The number of fused-ring (bicyclic) bond motifs is 3. The zero-order chi connectivity index (χ0) is 94.6. The minimum Gasteiger partial charge on any atom is -0.446 e. The second-order valence-electron chi connectivity index (χ2n) is 43.0. The van der Waals surface area contributed by atoms with Crippen molar-refractivity contribution in [2.24, 2.45) is 73.7 Å². The Bertz CT molecular complexity index is 3670. The van der Waals surface area contributed by atoms with E-state index in [-0.39, 0.29) is 97.7 Å². The number of carbonyl (C=O) groups excluding carboxylic acids is 6. The molecule has 25 nitrogen and oxygen atoms in total. The molecule has 738 valence electrons. The molecule has 0 bridgehead atoms. The molecule has 1 aromatic rings. The summed E-state index contributed by atoms with van der Waals surface area (Å²) in [6.45, 7) is 39.2. The summed E-state index contributed by atoms with van der Waals surface area (Å²) in [7, 11) is 0. The Morgan fingerprint density at radius 2 is 0.769 bits per heavy atom. The van der Waals surface area contributed by atoms with Gasteiger partial charge in [0.1, 0.15) is 24.1 Å². The Morgan fingerprint density at radius 1 is 0.462 bits per heavy atom. The number of aliphatic hydroxyl groups is 3. The van der Waals surface area contributed by atoms with E-state index in [1.807, 2.05) is 20.8 Å². The fourth-order valence-corrected chi connectivity index (χ4v) is 25.6. The van der Waals surface area contributed by atoms with Crippen molar-refractivity contribution in [2.45, 2.75) is 388 Å². The highest BCUT2D eigenvalue weighted by atomic mass is 35.5. The summed E-state index contributed by atoms with van der Waals surface area (Å²) in [6.07, 6.45) is 47.0. The zero-order valence-corrected chi connectivity index (χ0v) is 83.2. The van der Waals surface area contributed by atoms with Gasteiger partial charge in [0, 0.05) is 70.7 Å². The third kappa shape index (κ3) is 29.7. The van der Waals surface area contributed by atoms with Crippen LogP contribution in [0.25, 0.3) is 0 Å². The number of carbonyl (C=O) groups is 6. The minimum absolute atomic E-state index is 0.0354. The summed E-state index contributed by atoms with van der Waals surface area (Å²) in [6, 6.07) is 5.40. The number of nitrogens with zero attached hydrogens (tertiary/aromatic N) is 4. The van der Waals surface area contributed by atoms with Gasteiger partial charge in [-0.25, -0.2) is 14.4 Å². The number of likely N-dealkylation sites (tertiary alicyclic amines) is 3. The van der Waals surface area contributed by atoms with E-state index in [0.717, 1.165) is 223 Å². The molecule has 2 amide bonds. The molecule has 130 heavy (non-hydrogen) atoms. The highest BCUT2D eigenvalue weighted by molar-refractivity contribution is 6.40. The van der Waals surface area contributed by atoms with Gasteiger partial charge in [-0.2, -0.15) is 0 Å². The van der Waals surface area contributed by atoms with E-state index in [9.17, 15) is 54.2 Å². The Kier molecular flexibility index (Phi) is 41.9. The number of allylic oxidation sites excluding steroid dienone is 3. The van der Waals surface area contributed by atoms with Gasteiger partial charge in [-0.3, -0.25) is 24.5 Å². The van der Waals surface area contributed by atoms with Crippen LogP contribution in [-0.4, -0.2) is 190 Å². The first-order valence-electron chi connectivity index (χ1n) is 50.6. The molecule has 3 saturated heterocycles. The van der Waals surface area contributed by atoms with E-state index >= 15 is 0 Å². The number of esters is 3. The standard InChI is InChI=1S/2C26H46N2O3.C26H37NO6.C6H14N2.3C6H8O2.CH2Cl2/c2*1-4-20-18-22(31-23(29)27-14-17-28-15-5-6-16-28)9-13-25(20,3)21-8-12-24(2)10-7-11-26(24,30)19-21;1-4-18-16-22(33-23(28)32-21-8-6-20(7-9-21)27(30)31)11-15-25(18,3)19-10-14-24(2)12-5-13-26(24,29)17-19;7-3-6-8-4-1-2-5-8;3*1-5-2-3-6(7)8-4-5;2-1-3/h2*20-22,30H,4-19H2,1-3H3,(H,27,29);6-9,18-19,22,29H,4-5,10-17H2,1-3H3;1-7H2;3*4H,2-3H2,1H3;1H2/t2*20-,21+,22+,24+,25+,26+;18-,19+,22+,24+,25+,26+;;;;;/m111...../s1. The first-order valence-corrected chi connectivity index (χ1v) is 51.7. The number of benzene rings is 1. The van der Waals surface area contributed by atoms with Gasteiger partial charge >= 0.3 is 36.2 Å². The summed E-state index contributed by atoms with van der Waals surface area (Å²) in [4.78, 5) is 85.6. The Morgan fingerprint density at radius 3 is 1.05 bits per heavy atom. The van der Waals surface area contributed by atoms with Crippen molar-refractivity contribution in [3.63, 3.8) is 0 Å². The number of nitro groups is 1. The van der Waals surface area contributed by atoms with Gasteiger partial charge in [-0.1, -0.05) is 81.6 Å². The second kappa shape index (κ2) is 50.4. The van der Waals surface area contributed by atoms with Crippen LogP contribution in [0, 0.1) is 78.1 Å². The third-order valence-electron chi connectivity index (χ3n) is 34.8. The molecule has 9 saturated carbocycles. The summed E-state index contributed by atoms with van der Waals surface area (Å²) < 4.78 is 36.4. The van der Waals surface area contributed by atoms with E-state index in [4.69, 9.17) is 47.9 Å². The van der Waals surface area contributed by atoms with Gasteiger partial charge in [-0.05, 0) is 388 Å². The van der Waals surface area contributed by atoms with Crippen molar-refractivity contribution in [1.29, 1.82) is 0 Å². The van der Waals surface area contributed by atoms with Gasteiger partial charge in [0.05, 0.1) is 45.9 Å². The van der Waals surface area contributed by atoms with Crippen LogP contribution in [0.4, 0.5) is 20.1 Å². The smallest absolute Gasteiger partial charge is 0.446 e. The van der Waals surface area contributed by atoms with Crippen molar-refractivity contribution in [2.75, 3.05) is 83.9 Å². The Labute approximate surface area is 789 Å². The van der Waals surface area contributed by atoms with Crippen molar-refractivity contribution in [3.8, 4) is 5.75 Å². The van der Waals surface area contributed by atoms with Crippen molar-refractivity contribution in [3.05, 3.63) is 69.9 Å². The van der Waals surface area contributed by atoms with Crippen LogP contribution < -0.4 is 21.1 Å². The van der Waals surface area contributed by atoms with Crippen LogP contribution in [0.15, 0.2) is 59.8 Å². The number of nitrogens with two attached hydrogens (primary N) is 1. The molecular weight excluding hydrogens is 1690 g/mol. The van der Waals surface area contributed by atoms with E-state index in [1.165, 1.54) is 152 Å². The predicted octanol–water partition coefficient (Wildman–Crippen LogP) is 21.8. The molecule has 0 unspecified atom stereocenters. The van der Waals surface area contributed by atoms with Crippen LogP contribution in [0.2, 0.25) is 0 Å². The number of non-ortho nitro benzene ring substituents is 1. The Hall–Kier alpha value is -5.64. The number of hydrogen-bond donors (Lipinski definition) is 6. The number of amides is 2. The molecule has 0 spiro atoms. The molecular formula is C103H169Cl2N7O18. The summed E-state index contributed by atoms with van der Waals surface area (Å²) >= 11 is 9.53. The lowest BCUT2D eigenvalue weighted by Gasteiger charge is -2.55. The SMILES string of the molecule is CC1=COC(=O)CC1.CC1=COC(=O)CC1.CC1=COC(=O)CC1.CC[C@@H]1C[C@@H](OC(=O)NCCN2CCCC2)CC[C@]1(C)[C@H]1CC[C@]2(C)CCC[C@]2(O)C1.CC[C@@H]1C[C@@H](OC(=O)NCCN2CCCC2)CC[C@]1(C)[C@H]1CC[C@]2(C)CCC[C@]2(O)C1.CC[C@@H]1C[C@@H](OC(=O)Oc2ccc([N+](=O)[O-])cc2)CC[C@]1(C)[C@H]1CC[C@]2(C)CCC[C@]2(O)C1.ClCCl.NCCN1CCCC1. The number of ether oxygens (including phenoxy) is 7. The number of halogens is 2. The highest BCUT2D eigenvalue weighted by Crippen LogP contribution is 2.66. The fraction of sp³-hybridized carbons (Fsp3) is 0.825. The Balaban J connectivity index is 0.000000184. The molecule has 16 rings (SSSR count). The monoisotopic (exact) mass is 1860 g/mol. The molecule has 9 aliphatic carbocycles. The number of rotatable bonds is 19. The van der Waals surface area contributed by atoms with Crippen LogP contribution in [0.5, 0.6) is 5.75 Å². The van der Waals surface area contributed by atoms with Gasteiger partial charge in [0.25, 0.3) is 5.69 Å². The molecule has 15 aliphatic rings. The van der Waals surface area contributed by atoms with Crippen molar-refractivity contribution < 1.29 is 82.2 Å². The van der Waals surface area contributed by atoms with E-state index in [0.29, 0.717) is 67.9 Å². The molecule has 0 radical (unpaired) electrons. The number of alkyl halides is 2. The fourth-order valence-electron chi connectivity index (χ4n) is 25.6. The third-order valence-corrected chi connectivity index (χ3v) is 34.8. The quantitative estimate of drug-likeness (QED) is 0.0187. The maximum Gasteiger partial charge on any atom is 0.514 e. The number of hydrogen-bond acceptors (Lipinski definition) is 22. The lowest BCUT2D eigenvalue weighted by Crippen LogP contribution is -2.52. The molecule has 7 N–H and O–H groups in total. The average molecular weight is 1860 g/mol. The van der Waals surface area contributed by atoms with Crippen molar-refractivity contribution in [1.82, 2.24) is 25.3 Å². The van der Waals surface area contributed by atoms with E-state index in [2.05, 4.69) is 102 Å². The van der Waals surface area contributed by atoms with E-state index in [1.54, 1.807) is 0 Å². The van der Waals surface area contributed by atoms with Gasteiger partial charge in [-0.15, -0.1) is 23.2 Å². The van der Waals surface area contributed by atoms with Crippen LogP contribution in [0.3, 0.4) is 0 Å². The summed E-state index contributed by atoms with van der Waals surface area (Å²) in [5, 5.41) is 51.4. The molecule has 6 aliphatic heterocycles. The number of cyclic esters (lactones) is 3. The molecule has 6 heterocycles. The molecule has 0 aromatic heterocycles. The lowest BCUT2D eigenvalue weighted by atomic mass is 9.52. The van der Waals surface area contributed by atoms with E-state index < -0.39 is 27.9 Å². The molecule has 1 aromatic carbocycles. The molecule has 12 fully saturated rings. The maximum absolute atomic E-state index is 12.4.